The lowest BCUT2D eigenvalue weighted by atomic mass is 10.3. The lowest BCUT2D eigenvalue weighted by Gasteiger charge is -2.08. The molecule has 0 amide bonds. The quantitative estimate of drug-likeness (QED) is 0.839. The van der Waals surface area contributed by atoms with Gasteiger partial charge in [-0.2, -0.15) is 0 Å². The number of rotatable bonds is 3. The molecule has 0 spiro atoms. The second kappa shape index (κ2) is 5.04. The molecule has 0 aliphatic heterocycles. The maximum absolute atomic E-state index is 13.2. The van der Waals surface area contributed by atoms with Gasteiger partial charge in [0.25, 0.3) is 10.0 Å². The van der Waals surface area contributed by atoms with Crippen molar-refractivity contribution in [2.45, 2.75) is 18.7 Å². The average Bonchev–Trinajstić information content (AvgIpc) is 2.25. The number of nitrogen functional groups attached to an aromatic ring is 1. The Bertz CT molecular complexity index is 722. The van der Waals surface area contributed by atoms with Gasteiger partial charge < -0.3 is 5.73 Å². The van der Waals surface area contributed by atoms with E-state index < -0.39 is 15.8 Å². The van der Waals surface area contributed by atoms with Gasteiger partial charge in [-0.15, -0.1) is 0 Å². The molecule has 0 atom stereocenters. The van der Waals surface area contributed by atoms with Crippen molar-refractivity contribution in [3.8, 4) is 0 Å². The van der Waals surface area contributed by atoms with Gasteiger partial charge in [0.2, 0.25) is 5.95 Å². The minimum absolute atomic E-state index is 0.0201. The first-order chi connectivity index (χ1) is 9.26. The van der Waals surface area contributed by atoms with Crippen LogP contribution in [0.2, 0.25) is 0 Å². The number of benzene rings is 1. The second-order valence-corrected chi connectivity index (χ2v) is 5.98. The third kappa shape index (κ3) is 3.21. The van der Waals surface area contributed by atoms with E-state index in [2.05, 4.69) is 14.7 Å². The van der Waals surface area contributed by atoms with E-state index in [1.165, 1.54) is 0 Å². The number of anilines is 2. The number of aryl methyl sites for hydroxylation is 2. The van der Waals surface area contributed by atoms with Crippen molar-refractivity contribution in [3.63, 3.8) is 0 Å². The fraction of sp³-hybridized carbons (Fsp3) is 0.167. The summed E-state index contributed by atoms with van der Waals surface area (Å²) in [5.74, 6) is -0.794. The molecular formula is C12H13FN4O2S. The molecule has 20 heavy (non-hydrogen) atoms. The number of halogens is 1. The van der Waals surface area contributed by atoms with Crippen molar-refractivity contribution in [2.75, 3.05) is 10.5 Å². The first-order valence-corrected chi connectivity index (χ1v) is 7.16. The summed E-state index contributed by atoms with van der Waals surface area (Å²) in [7, 11) is -3.99. The number of nitrogens with one attached hydrogen (secondary N) is 1. The van der Waals surface area contributed by atoms with Crippen molar-refractivity contribution < 1.29 is 12.8 Å². The molecule has 0 saturated heterocycles. The number of hydrogen-bond donors (Lipinski definition) is 2. The number of aromatic nitrogens is 2. The van der Waals surface area contributed by atoms with Crippen LogP contribution in [0, 0.1) is 19.7 Å². The van der Waals surface area contributed by atoms with Gasteiger partial charge in [-0.1, -0.05) is 0 Å². The summed E-state index contributed by atoms with van der Waals surface area (Å²) in [5.41, 5.74) is 6.69. The van der Waals surface area contributed by atoms with Gasteiger partial charge in [0, 0.05) is 17.1 Å². The van der Waals surface area contributed by atoms with Crippen LogP contribution in [0.3, 0.4) is 0 Å². The maximum atomic E-state index is 13.2. The number of hydrogen-bond acceptors (Lipinski definition) is 5. The molecule has 0 unspecified atom stereocenters. The zero-order chi connectivity index (χ0) is 14.9. The molecule has 6 nitrogen and oxygen atoms in total. The topological polar surface area (TPSA) is 98.0 Å². The smallest absolute Gasteiger partial charge is 0.264 e. The normalized spacial score (nSPS) is 11.3. The van der Waals surface area contributed by atoms with Gasteiger partial charge in [-0.05, 0) is 38.1 Å². The summed E-state index contributed by atoms with van der Waals surface area (Å²) in [4.78, 5) is 7.65. The highest BCUT2D eigenvalue weighted by atomic mass is 32.2. The zero-order valence-electron chi connectivity index (χ0n) is 10.9. The molecule has 2 rings (SSSR count). The molecule has 0 radical (unpaired) electrons. The SMILES string of the molecule is Cc1cc(C)nc(NS(=O)(=O)c2cc(N)cc(F)c2)n1. The summed E-state index contributed by atoms with van der Waals surface area (Å²) >= 11 is 0. The third-order valence-corrected chi connectivity index (χ3v) is 3.72. The molecule has 0 bridgehead atoms. The van der Waals surface area contributed by atoms with Crippen LogP contribution in [-0.2, 0) is 10.0 Å². The average molecular weight is 296 g/mol. The van der Waals surface area contributed by atoms with Gasteiger partial charge >= 0.3 is 0 Å². The van der Waals surface area contributed by atoms with Gasteiger partial charge in [0.05, 0.1) is 4.90 Å². The molecule has 1 heterocycles. The van der Waals surface area contributed by atoms with Crippen molar-refractivity contribution in [1.29, 1.82) is 0 Å². The zero-order valence-corrected chi connectivity index (χ0v) is 11.7. The maximum Gasteiger partial charge on any atom is 0.264 e. The van der Waals surface area contributed by atoms with Crippen molar-refractivity contribution >= 4 is 21.7 Å². The molecule has 0 saturated carbocycles. The molecule has 8 heteroatoms. The van der Waals surface area contributed by atoms with Gasteiger partial charge in [-0.25, -0.2) is 27.5 Å². The molecule has 1 aromatic carbocycles. The molecule has 0 aliphatic rings. The van der Waals surface area contributed by atoms with Crippen LogP contribution in [0.1, 0.15) is 11.4 Å². The molecule has 2 aromatic rings. The lowest BCUT2D eigenvalue weighted by molar-refractivity contribution is 0.595. The van der Waals surface area contributed by atoms with Gasteiger partial charge in [-0.3, -0.25) is 0 Å². The lowest BCUT2D eigenvalue weighted by Crippen LogP contribution is -2.16. The van der Waals surface area contributed by atoms with Gasteiger partial charge in [0.15, 0.2) is 0 Å². The molecule has 106 valence electrons. The first-order valence-electron chi connectivity index (χ1n) is 5.67. The van der Waals surface area contributed by atoms with E-state index in [9.17, 15) is 12.8 Å². The van der Waals surface area contributed by atoms with Crippen LogP contribution in [-0.4, -0.2) is 18.4 Å². The van der Waals surface area contributed by atoms with E-state index in [0.29, 0.717) is 11.4 Å². The Labute approximate surface area is 115 Å². The molecular weight excluding hydrogens is 283 g/mol. The van der Waals surface area contributed by atoms with E-state index >= 15 is 0 Å². The first kappa shape index (κ1) is 14.2. The van der Waals surface area contributed by atoms with Crippen molar-refractivity contribution in [3.05, 3.63) is 41.5 Å². The summed E-state index contributed by atoms with van der Waals surface area (Å²) in [6, 6.07) is 4.78. The third-order valence-electron chi connectivity index (χ3n) is 2.41. The highest BCUT2D eigenvalue weighted by Gasteiger charge is 2.17. The Balaban J connectivity index is 2.40. The van der Waals surface area contributed by atoms with Crippen molar-refractivity contribution in [1.82, 2.24) is 9.97 Å². The van der Waals surface area contributed by atoms with Crippen LogP contribution in [0.4, 0.5) is 16.0 Å². The predicted molar refractivity (Wildman–Crippen MR) is 73.1 cm³/mol. The standard InChI is InChI=1S/C12H13FN4O2S/c1-7-3-8(2)16-12(15-7)17-20(18,19)11-5-9(13)4-10(14)6-11/h3-6H,14H2,1-2H3,(H,15,16,17). The number of nitrogens with zero attached hydrogens (tertiary/aromatic N) is 2. The number of nitrogens with two attached hydrogens (primary N) is 1. The molecule has 1 aromatic heterocycles. The summed E-state index contributed by atoms with van der Waals surface area (Å²) in [6.07, 6.45) is 0. The minimum Gasteiger partial charge on any atom is -0.399 e. The van der Waals surface area contributed by atoms with E-state index in [1.54, 1.807) is 19.9 Å². The largest absolute Gasteiger partial charge is 0.399 e. The predicted octanol–water partition coefficient (Wildman–Crippen LogP) is 1.62. The Hall–Kier alpha value is -2.22. The van der Waals surface area contributed by atoms with Crippen LogP contribution >= 0.6 is 0 Å². The van der Waals surface area contributed by atoms with E-state index in [-0.39, 0.29) is 16.5 Å². The Morgan fingerprint density at radius 1 is 1.10 bits per heavy atom. The summed E-state index contributed by atoms with van der Waals surface area (Å²) in [6.45, 7) is 3.43. The van der Waals surface area contributed by atoms with E-state index in [1.807, 2.05) is 0 Å². The molecule has 0 fully saturated rings. The minimum atomic E-state index is -3.99. The Morgan fingerprint density at radius 2 is 1.70 bits per heavy atom. The van der Waals surface area contributed by atoms with E-state index in [4.69, 9.17) is 5.73 Å². The Kier molecular flexibility index (Phi) is 3.58. The van der Waals surface area contributed by atoms with Crippen LogP contribution < -0.4 is 10.5 Å². The fourth-order valence-electron chi connectivity index (χ4n) is 1.69. The van der Waals surface area contributed by atoms with Crippen LogP contribution in [0.15, 0.2) is 29.2 Å². The highest BCUT2D eigenvalue weighted by molar-refractivity contribution is 7.92. The summed E-state index contributed by atoms with van der Waals surface area (Å²) in [5, 5.41) is 0. The Morgan fingerprint density at radius 3 is 2.25 bits per heavy atom. The van der Waals surface area contributed by atoms with E-state index in [0.717, 1.165) is 18.2 Å². The second-order valence-electron chi connectivity index (χ2n) is 4.30. The van der Waals surface area contributed by atoms with Crippen LogP contribution in [0.25, 0.3) is 0 Å². The molecule has 0 aliphatic carbocycles. The summed E-state index contributed by atoms with van der Waals surface area (Å²) < 4.78 is 39.7. The number of sulfonamides is 1. The highest BCUT2D eigenvalue weighted by Crippen LogP contribution is 2.18. The molecule has 3 N–H and O–H groups in total. The van der Waals surface area contributed by atoms with Gasteiger partial charge in [0.1, 0.15) is 5.82 Å². The monoisotopic (exact) mass is 296 g/mol. The van der Waals surface area contributed by atoms with Crippen molar-refractivity contribution in [2.24, 2.45) is 0 Å². The van der Waals surface area contributed by atoms with Crippen LogP contribution in [0.5, 0.6) is 0 Å². The fourth-order valence-corrected chi connectivity index (χ4v) is 2.70.